The van der Waals surface area contributed by atoms with Gasteiger partial charge in [0.2, 0.25) is 0 Å². The van der Waals surface area contributed by atoms with Crippen LogP contribution in [-0.2, 0) is 7.05 Å². The van der Waals surface area contributed by atoms with Crippen LogP contribution in [0, 0.1) is 0 Å². The molecule has 0 spiro atoms. The van der Waals surface area contributed by atoms with Gasteiger partial charge in [0, 0.05) is 18.7 Å². The van der Waals surface area contributed by atoms with Crippen LogP contribution in [0.4, 0.5) is 4.79 Å². The Balaban J connectivity index is 1.64. The van der Waals surface area contributed by atoms with Crippen molar-refractivity contribution in [2.24, 2.45) is 12.8 Å². The average molecular weight is 342 g/mol. The highest BCUT2D eigenvalue weighted by molar-refractivity contribution is 5.92. The van der Waals surface area contributed by atoms with Crippen molar-refractivity contribution in [3.8, 4) is 17.0 Å². The topological polar surface area (TPSA) is 99.2 Å². The fourth-order valence-corrected chi connectivity index (χ4v) is 3.10. The lowest BCUT2D eigenvalue weighted by Crippen LogP contribution is -2.37. The Morgan fingerprint density at radius 3 is 2.48 bits per heavy atom. The van der Waals surface area contributed by atoms with Gasteiger partial charge in [-0.3, -0.25) is 9.48 Å². The molecule has 2 amide bonds. The molecule has 7 nitrogen and oxygen atoms in total. The lowest BCUT2D eigenvalue weighted by atomic mass is 9.96. The summed E-state index contributed by atoms with van der Waals surface area (Å²) in [6, 6.07) is 8.89. The molecule has 1 fully saturated rings. The Hall–Kier alpha value is -2.83. The van der Waals surface area contributed by atoms with Crippen LogP contribution in [0.1, 0.15) is 42.6 Å². The van der Waals surface area contributed by atoms with Gasteiger partial charge in [-0.25, -0.2) is 4.79 Å². The van der Waals surface area contributed by atoms with Gasteiger partial charge < -0.3 is 15.8 Å². The Bertz CT molecular complexity index is 761. The molecule has 1 heterocycles. The molecule has 0 unspecified atom stereocenters. The molecule has 0 radical (unpaired) electrons. The normalized spacial score (nSPS) is 14.9. The zero-order valence-electron chi connectivity index (χ0n) is 14.2. The van der Waals surface area contributed by atoms with Crippen molar-refractivity contribution < 1.29 is 14.3 Å². The summed E-state index contributed by atoms with van der Waals surface area (Å²) in [5, 5.41) is 6.98. The van der Waals surface area contributed by atoms with E-state index in [4.69, 9.17) is 10.5 Å². The molecule has 3 N–H and O–H groups in total. The van der Waals surface area contributed by atoms with Gasteiger partial charge in [0.15, 0.2) is 5.69 Å². The summed E-state index contributed by atoms with van der Waals surface area (Å²) in [6.45, 7) is 0. The van der Waals surface area contributed by atoms with Crippen molar-refractivity contribution in [2.75, 3.05) is 0 Å². The van der Waals surface area contributed by atoms with Crippen LogP contribution < -0.4 is 15.8 Å². The molecule has 0 atom stereocenters. The number of nitrogens with one attached hydrogen (secondary N) is 1. The number of aryl methyl sites for hydroxylation is 1. The van der Waals surface area contributed by atoms with Crippen LogP contribution in [-0.4, -0.2) is 27.8 Å². The van der Waals surface area contributed by atoms with E-state index in [0.29, 0.717) is 5.75 Å². The number of primary amides is 1. The van der Waals surface area contributed by atoms with Crippen LogP contribution in [0.2, 0.25) is 0 Å². The quantitative estimate of drug-likeness (QED) is 0.892. The van der Waals surface area contributed by atoms with Crippen molar-refractivity contribution >= 4 is 12.0 Å². The summed E-state index contributed by atoms with van der Waals surface area (Å²) in [5.41, 5.74) is 7.07. The molecule has 1 aromatic carbocycles. The first-order valence-electron chi connectivity index (χ1n) is 8.45. The minimum absolute atomic E-state index is 0.210. The molecule has 1 saturated carbocycles. The van der Waals surface area contributed by atoms with Crippen molar-refractivity contribution in [1.82, 2.24) is 15.1 Å². The van der Waals surface area contributed by atoms with E-state index in [1.54, 1.807) is 29.9 Å². The van der Waals surface area contributed by atoms with Gasteiger partial charge in [-0.15, -0.1) is 0 Å². The highest BCUT2D eigenvalue weighted by Crippen LogP contribution is 2.23. The number of rotatable bonds is 4. The molecule has 25 heavy (non-hydrogen) atoms. The zero-order valence-corrected chi connectivity index (χ0v) is 14.2. The summed E-state index contributed by atoms with van der Waals surface area (Å²) in [7, 11) is 1.74. The number of hydrogen-bond acceptors (Lipinski definition) is 4. The first-order chi connectivity index (χ1) is 12.0. The smallest absolute Gasteiger partial charge is 0.410 e. The standard InChI is InChI=1S/C18H22N4O3/c1-22-16(11-15(21-22)17(19)23)12-7-9-14(10-8-12)25-18(24)20-13-5-3-2-4-6-13/h7-11,13H,2-6H2,1H3,(H2,19,23)(H,20,24). The number of hydrogen-bond donors (Lipinski definition) is 2. The molecule has 1 aromatic heterocycles. The Morgan fingerprint density at radius 1 is 1.20 bits per heavy atom. The fraction of sp³-hybridized carbons (Fsp3) is 0.389. The number of ether oxygens (including phenoxy) is 1. The number of nitrogens with two attached hydrogens (primary N) is 1. The molecular formula is C18H22N4O3. The monoisotopic (exact) mass is 342 g/mol. The molecule has 2 aromatic rings. The molecule has 7 heteroatoms. The third-order valence-corrected chi connectivity index (χ3v) is 4.42. The van der Waals surface area contributed by atoms with E-state index in [0.717, 1.165) is 36.9 Å². The van der Waals surface area contributed by atoms with Crippen LogP contribution in [0.15, 0.2) is 30.3 Å². The third-order valence-electron chi connectivity index (χ3n) is 4.42. The van der Waals surface area contributed by atoms with Crippen molar-refractivity contribution in [3.05, 3.63) is 36.0 Å². The maximum absolute atomic E-state index is 12.0. The minimum Gasteiger partial charge on any atom is -0.410 e. The second kappa shape index (κ2) is 7.38. The van der Waals surface area contributed by atoms with Crippen LogP contribution in [0.5, 0.6) is 5.75 Å². The van der Waals surface area contributed by atoms with Crippen molar-refractivity contribution in [2.45, 2.75) is 38.1 Å². The Kier molecular flexibility index (Phi) is 5.02. The number of nitrogens with zero attached hydrogens (tertiary/aromatic N) is 2. The van der Waals surface area contributed by atoms with Gasteiger partial charge in [0.1, 0.15) is 5.75 Å². The molecule has 3 rings (SSSR count). The zero-order chi connectivity index (χ0) is 17.8. The first kappa shape index (κ1) is 17.0. The van der Waals surface area contributed by atoms with E-state index in [1.807, 2.05) is 12.1 Å². The number of benzene rings is 1. The van der Waals surface area contributed by atoms with Gasteiger partial charge in [-0.1, -0.05) is 19.3 Å². The van der Waals surface area contributed by atoms with Crippen LogP contribution >= 0.6 is 0 Å². The van der Waals surface area contributed by atoms with Crippen LogP contribution in [0.3, 0.4) is 0 Å². The molecule has 0 aliphatic heterocycles. The highest BCUT2D eigenvalue weighted by atomic mass is 16.6. The fourth-order valence-electron chi connectivity index (χ4n) is 3.10. The Labute approximate surface area is 146 Å². The predicted molar refractivity (Wildman–Crippen MR) is 93.2 cm³/mol. The summed E-state index contributed by atoms with van der Waals surface area (Å²) < 4.78 is 6.92. The maximum Gasteiger partial charge on any atom is 0.412 e. The first-order valence-corrected chi connectivity index (χ1v) is 8.45. The predicted octanol–water partition coefficient (Wildman–Crippen LogP) is 2.61. The molecule has 1 aliphatic carbocycles. The second-order valence-electron chi connectivity index (χ2n) is 6.30. The second-order valence-corrected chi connectivity index (χ2v) is 6.30. The van der Waals surface area contributed by atoms with Gasteiger partial charge in [-0.05, 0) is 43.2 Å². The van der Waals surface area contributed by atoms with Crippen LogP contribution in [0.25, 0.3) is 11.3 Å². The average Bonchev–Trinajstić information content (AvgIpc) is 2.98. The summed E-state index contributed by atoms with van der Waals surface area (Å²) in [4.78, 5) is 23.2. The number of carbonyl (C=O) groups is 2. The molecule has 0 bridgehead atoms. The molecular weight excluding hydrogens is 320 g/mol. The highest BCUT2D eigenvalue weighted by Gasteiger charge is 2.17. The molecule has 0 saturated heterocycles. The van der Waals surface area contributed by atoms with Gasteiger partial charge in [0.25, 0.3) is 5.91 Å². The summed E-state index contributed by atoms with van der Waals surface area (Å²) >= 11 is 0. The van der Waals surface area contributed by atoms with Gasteiger partial charge in [-0.2, -0.15) is 5.10 Å². The van der Waals surface area contributed by atoms with Gasteiger partial charge >= 0.3 is 6.09 Å². The van der Waals surface area contributed by atoms with Gasteiger partial charge in [0.05, 0.1) is 5.69 Å². The van der Waals surface area contributed by atoms with Crippen molar-refractivity contribution in [1.29, 1.82) is 0 Å². The van der Waals surface area contributed by atoms with E-state index < -0.39 is 12.0 Å². The Morgan fingerprint density at radius 2 is 1.88 bits per heavy atom. The number of carbonyl (C=O) groups excluding carboxylic acids is 2. The summed E-state index contributed by atoms with van der Waals surface area (Å²) in [6.07, 6.45) is 5.14. The van der Waals surface area contributed by atoms with E-state index in [-0.39, 0.29) is 11.7 Å². The largest absolute Gasteiger partial charge is 0.412 e. The lowest BCUT2D eigenvalue weighted by Gasteiger charge is -2.22. The molecule has 132 valence electrons. The number of aromatic nitrogens is 2. The summed E-state index contributed by atoms with van der Waals surface area (Å²) in [5.74, 6) is -0.101. The maximum atomic E-state index is 12.0. The van der Waals surface area contributed by atoms with E-state index in [1.165, 1.54) is 6.42 Å². The van der Waals surface area contributed by atoms with E-state index in [9.17, 15) is 9.59 Å². The number of amides is 2. The third kappa shape index (κ3) is 4.17. The van der Waals surface area contributed by atoms with E-state index >= 15 is 0 Å². The van der Waals surface area contributed by atoms with Crippen molar-refractivity contribution in [3.63, 3.8) is 0 Å². The van der Waals surface area contributed by atoms with E-state index in [2.05, 4.69) is 10.4 Å². The minimum atomic E-state index is -0.568. The molecule has 1 aliphatic rings. The SMILES string of the molecule is Cn1nc(C(N)=O)cc1-c1ccc(OC(=O)NC2CCCCC2)cc1. The lowest BCUT2D eigenvalue weighted by molar-refractivity contribution is 0.0995.